The zero-order chi connectivity index (χ0) is 18.4. The fourth-order valence-corrected chi connectivity index (χ4v) is 3.49. The lowest BCUT2D eigenvalue weighted by molar-refractivity contribution is -0.130. The Kier molecular flexibility index (Phi) is 3.94. The molecule has 1 saturated heterocycles. The molecule has 6 nitrogen and oxygen atoms in total. The second kappa shape index (κ2) is 5.72. The fraction of sp³-hybridized carbons (Fsp3) is 0.421. The monoisotopic (exact) mass is 340 g/mol. The second-order valence-electron chi connectivity index (χ2n) is 7.25. The molecular formula is C19H24N4O2. The Morgan fingerprint density at radius 1 is 1.20 bits per heavy atom. The Bertz CT molecular complexity index is 796. The number of anilines is 1. The molecule has 1 atom stereocenters. The van der Waals surface area contributed by atoms with E-state index in [0.717, 1.165) is 16.4 Å². The van der Waals surface area contributed by atoms with Crippen molar-refractivity contribution in [2.45, 2.75) is 45.1 Å². The van der Waals surface area contributed by atoms with Crippen molar-refractivity contribution in [1.29, 1.82) is 0 Å². The van der Waals surface area contributed by atoms with Gasteiger partial charge in [-0.3, -0.25) is 4.79 Å². The third-order valence-corrected chi connectivity index (χ3v) is 5.30. The van der Waals surface area contributed by atoms with E-state index in [1.165, 1.54) is 11.8 Å². The molecule has 2 heterocycles. The predicted octanol–water partition coefficient (Wildman–Crippen LogP) is 3.00. The maximum Gasteiger partial charge on any atom is 0.346 e. The third kappa shape index (κ3) is 2.52. The topological polar surface area (TPSA) is 65.0 Å². The minimum absolute atomic E-state index is 0.174. The van der Waals surface area contributed by atoms with E-state index in [1.54, 1.807) is 6.92 Å². The highest BCUT2D eigenvalue weighted by atomic mass is 16.2. The number of hydrogen-bond acceptors (Lipinski definition) is 4. The summed E-state index contributed by atoms with van der Waals surface area (Å²) in [6.45, 7) is 7.88. The van der Waals surface area contributed by atoms with Gasteiger partial charge in [0, 0.05) is 30.1 Å². The molecule has 3 rings (SSSR count). The summed E-state index contributed by atoms with van der Waals surface area (Å²) in [6, 6.07) is 7.77. The average molecular weight is 340 g/mol. The summed E-state index contributed by atoms with van der Waals surface area (Å²) in [6.07, 6.45) is 3.91. The number of allylic oxidation sites excluding steroid dienone is 2. The van der Waals surface area contributed by atoms with Crippen molar-refractivity contribution >= 4 is 23.8 Å². The molecule has 1 aromatic rings. The van der Waals surface area contributed by atoms with E-state index in [2.05, 4.69) is 41.3 Å². The Morgan fingerprint density at radius 2 is 1.88 bits per heavy atom. The molecule has 2 aliphatic heterocycles. The molecule has 0 saturated carbocycles. The number of para-hydroxylation sites is 1. The van der Waals surface area contributed by atoms with E-state index in [9.17, 15) is 9.59 Å². The van der Waals surface area contributed by atoms with Gasteiger partial charge in [0.1, 0.15) is 5.54 Å². The number of urea groups is 1. The lowest BCUT2D eigenvalue weighted by Gasteiger charge is -2.23. The number of rotatable bonds is 3. The summed E-state index contributed by atoms with van der Waals surface area (Å²) in [4.78, 5) is 26.5. The van der Waals surface area contributed by atoms with Crippen molar-refractivity contribution in [3.8, 4) is 0 Å². The number of likely N-dealkylation sites (N-methyl/N-ethyl adjacent to an activating group) is 1. The first kappa shape index (κ1) is 17.2. The Hall–Kier alpha value is -2.63. The van der Waals surface area contributed by atoms with Crippen LogP contribution in [0.2, 0.25) is 0 Å². The van der Waals surface area contributed by atoms with Crippen molar-refractivity contribution in [3.05, 3.63) is 41.6 Å². The standard InChI is InChI=1S/C19H24N4O2/c1-6-19(4)16(24)23(17(25)21-19)20-12-11-15-18(2,3)13-9-7-8-10-14(13)22(15)5/h7-12H,6H2,1-5H3,(H,21,25)/b15-11-,20-12-/t19-/m1/s1. The van der Waals surface area contributed by atoms with Gasteiger partial charge in [-0.2, -0.15) is 5.10 Å². The van der Waals surface area contributed by atoms with Crippen molar-refractivity contribution in [1.82, 2.24) is 10.3 Å². The van der Waals surface area contributed by atoms with Gasteiger partial charge in [0.2, 0.25) is 0 Å². The molecule has 25 heavy (non-hydrogen) atoms. The second-order valence-corrected chi connectivity index (χ2v) is 7.25. The summed E-state index contributed by atoms with van der Waals surface area (Å²) >= 11 is 0. The predicted molar refractivity (Wildman–Crippen MR) is 98.5 cm³/mol. The van der Waals surface area contributed by atoms with Crippen LogP contribution in [0.4, 0.5) is 10.5 Å². The van der Waals surface area contributed by atoms with Gasteiger partial charge in [0.25, 0.3) is 5.91 Å². The van der Waals surface area contributed by atoms with Crippen molar-refractivity contribution in [2.24, 2.45) is 5.10 Å². The van der Waals surface area contributed by atoms with Crippen LogP contribution in [0.3, 0.4) is 0 Å². The normalized spacial score (nSPS) is 26.7. The molecule has 0 bridgehead atoms. The van der Waals surface area contributed by atoms with Gasteiger partial charge in [0.05, 0.1) is 0 Å². The molecule has 0 unspecified atom stereocenters. The summed E-state index contributed by atoms with van der Waals surface area (Å²) in [5, 5.41) is 7.70. The zero-order valence-corrected chi connectivity index (χ0v) is 15.3. The molecule has 0 spiro atoms. The number of carbonyl (C=O) groups is 2. The van der Waals surface area contributed by atoms with Gasteiger partial charge in [0.15, 0.2) is 0 Å². The van der Waals surface area contributed by atoms with Crippen molar-refractivity contribution < 1.29 is 9.59 Å². The Morgan fingerprint density at radius 3 is 2.48 bits per heavy atom. The van der Waals surface area contributed by atoms with Crippen LogP contribution in [0.1, 0.15) is 39.7 Å². The lowest BCUT2D eigenvalue weighted by Crippen LogP contribution is -2.42. The number of amides is 3. The van der Waals surface area contributed by atoms with Crippen LogP contribution in [0, 0.1) is 0 Å². The summed E-state index contributed by atoms with van der Waals surface area (Å²) in [7, 11) is 2.01. The molecule has 3 amide bonds. The highest BCUT2D eigenvalue weighted by Crippen LogP contribution is 2.46. The fourth-order valence-electron chi connectivity index (χ4n) is 3.49. The highest BCUT2D eigenvalue weighted by Gasteiger charge is 2.47. The van der Waals surface area contributed by atoms with Crippen molar-refractivity contribution in [3.63, 3.8) is 0 Å². The summed E-state index contributed by atoms with van der Waals surface area (Å²) < 4.78 is 0. The number of benzene rings is 1. The molecule has 0 radical (unpaired) electrons. The van der Waals surface area contributed by atoms with E-state index >= 15 is 0 Å². The number of imide groups is 1. The van der Waals surface area contributed by atoms with Gasteiger partial charge in [-0.25, -0.2) is 4.79 Å². The molecule has 1 fully saturated rings. The van der Waals surface area contributed by atoms with E-state index in [4.69, 9.17) is 0 Å². The van der Waals surface area contributed by atoms with Gasteiger partial charge in [-0.15, -0.1) is 5.01 Å². The van der Waals surface area contributed by atoms with E-state index in [1.807, 2.05) is 32.2 Å². The van der Waals surface area contributed by atoms with Crippen LogP contribution >= 0.6 is 0 Å². The number of nitrogens with zero attached hydrogens (tertiary/aromatic N) is 3. The quantitative estimate of drug-likeness (QED) is 0.679. The first-order valence-electron chi connectivity index (χ1n) is 8.47. The number of hydrogen-bond donors (Lipinski definition) is 1. The van der Waals surface area contributed by atoms with Crippen LogP contribution < -0.4 is 10.2 Å². The Balaban J connectivity index is 1.87. The maximum atomic E-state index is 12.4. The lowest BCUT2D eigenvalue weighted by atomic mass is 9.84. The average Bonchev–Trinajstić information content (AvgIpc) is 2.92. The van der Waals surface area contributed by atoms with Gasteiger partial charge < -0.3 is 10.2 Å². The van der Waals surface area contributed by atoms with Crippen LogP contribution in [0.15, 0.2) is 41.1 Å². The van der Waals surface area contributed by atoms with Gasteiger partial charge in [-0.1, -0.05) is 39.0 Å². The molecular weight excluding hydrogens is 316 g/mol. The smallest absolute Gasteiger partial charge is 0.346 e. The summed E-state index contributed by atoms with van der Waals surface area (Å²) in [5.41, 5.74) is 2.41. The number of carbonyl (C=O) groups excluding carboxylic acids is 2. The van der Waals surface area contributed by atoms with Gasteiger partial charge >= 0.3 is 6.03 Å². The van der Waals surface area contributed by atoms with Gasteiger partial charge in [-0.05, 0) is 31.1 Å². The molecule has 1 N–H and O–H groups in total. The minimum Gasteiger partial charge on any atom is -0.347 e. The molecule has 1 aromatic carbocycles. The zero-order valence-electron chi connectivity index (χ0n) is 15.3. The molecule has 0 aliphatic carbocycles. The minimum atomic E-state index is -0.874. The van der Waals surface area contributed by atoms with Crippen LogP contribution in [-0.4, -0.2) is 35.7 Å². The van der Waals surface area contributed by atoms with Crippen molar-refractivity contribution in [2.75, 3.05) is 11.9 Å². The van der Waals surface area contributed by atoms with E-state index < -0.39 is 11.6 Å². The number of nitrogens with one attached hydrogen (secondary N) is 1. The summed E-state index contributed by atoms with van der Waals surface area (Å²) in [5.74, 6) is -0.322. The highest BCUT2D eigenvalue weighted by molar-refractivity contribution is 6.07. The third-order valence-electron chi connectivity index (χ3n) is 5.30. The molecule has 6 heteroatoms. The molecule has 2 aliphatic rings. The SMILES string of the molecule is CC[C@@]1(C)NC(=O)N(/N=C\C=C2/N(C)c3ccccc3C2(C)C)C1=O. The van der Waals surface area contributed by atoms with Crippen LogP contribution in [0.5, 0.6) is 0 Å². The maximum absolute atomic E-state index is 12.4. The Labute approximate surface area is 148 Å². The molecule has 132 valence electrons. The largest absolute Gasteiger partial charge is 0.347 e. The number of hydrazone groups is 1. The molecule has 0 aromatic heterocycles. The van der Waals surface area contributed by atoms with Crippen LogP contribution in [-0.2, 0) is 10.2 Å². The van der Waals surface area contributed by atoms with E-state index in [0.29, 0.717) is 6.42 Å². The first-order chi connectivity index (χ1) is 11.7. The van der Waals surface area contributed by atoms with Crippen LogP contribution in [0.25, 0.3) is 0 Å². The first-order valence-corrected chi connectivity index (χ1v) is 8.47. The number of fused-ring (bicyclic) bond motifs is 1. The van der Waals surface area contributed by atoms with E-state index in [-0.39, 0.29) is 11.3 Å².